The number of unbranched alkanes of at least 4 members (excludes halogenated alkanes) is 1. The molecule has 0 aliphatic heterocycles. The highest BCUT2D eigenvalue weighted by molar-refractivity contribution is 6.19. The molecule has 0 fully saturated rings. The first-order valence-corrected chi connectivity index (χ1v) is 3.56. The molecule has 0 radical (unpaired) electrons. The smallest absolute Gasteiger partial charge is 0.0835 e. The van der Waals surface area contributed by atoms with Crippen LogP contribution in [-0.2, 0) is 0 Å². The molecule has 0 amide bonds. The van der Waals surface area contributed by atoms with Crippen LogP contribution in [0.3, 0.4) is 0 Å². The zero-order valence-electron chi connectivity index (χ0n) is 4.58. The standard InChI is InChI=1S/C6H8Cl2/c7-5-3-1-2-4-6-8/h1,3,5-6H2. The molecule has 0 spiro atoms. The Hall–Kier alpha value is 0.140. The van der Waals surface area contributed by atoms with Gasteiger partial charge in [0, 0.05) is 12.3 Å². The van der Waals surface area contributed by atoms with E-state index in [1.807, 2.05) is 0 Å². The van der Waals surface area contributed by atoms with Crippen molar-refractivity contribution in [3.05, 3.63) is 0 Å². The molecule has 0 aromatic carbocycles. The first kappa shape index (κ1) is 8.14. The SMILES string of the molecule is ClCC#CCCCCl. The summed E-state index contributed by atoms with van der Waals surface area (Å²) in [6.45, 7) is 0. The Balaban J connectivity index is 2.90. The maximum Gasteiger partial charge on any atom is 0.0835 e. The third-order valence-electron chi connectivity index (χ3n) is 0.627. The Morgan fingerprint density at radius 3 is 2.38 bits per heavy atom. The molecule has 46 valence electrons. The zero-order chi connectivity index (χ0) is 6.24. The third-order valence-corrected chi connectivity index (χ3v) is 1.03. The normalized spacial score (nSPS) is 7.75. The van der Waals surface area contributed by atoms with Gasteiger partial charge >= 0.3 is 0 Å². The molecule has 0 heterocycles. The average Bonchev–Trinajstić information content (AvgIpc) is 1.81. The van der Waals surface area contributed by atoms with E-state index in [1.54, 1.807) is 0 Å². The molecule has 0 atom stereocenters. The van der Waals surface area contributed by atoms with Crippen molar-refractivity contribution in [2.75, 3.05) is 11.8 Å². The van der Waals surface area contributed by atoms with E-state index >= 15 is 0 Å². The largest absolute Gasteiger partial charge is 0.127 e. The number of rotatable bonds is 2. The van der Waals surface area contributed by atoms with Crippen molar-refractivity contribution in [2.45, 2.75) is 12.8 Å². The van der Waals surface area contributed by atoms with Crippen molar-refractivity contribution in [1.29, 1.82) is 0 Å². The van der Waals surface area contributed by atoms with Crippen LogP contribution in [0.4, 0.5) is 0 Å². The van der Waals surface area contributed by atoms with E-state index in [0.29, 0.717) is 11.8 Å². The molecule has 0 aromatic rings. The number of hydrogen-bond acceptors (Lipinski definition) is 0. The van der Waals surface area contributed by atoms with Gasteiger partial charge in [0.15, 0.2) is 0 Å². The van der Waals surface area contributed by atoms with E-state index in [-0.39, 0.29) is 0 Å². The molecule has 2 heteroatoms. The number of halogens is 2. The highest BCUT2D eigenvalue weighted by atomic mass is 35.5. The van der Waals surface area contributed by atoms with Crippen LogP contribution in [0.15, 0.2) is 0 Å². The zero-order valence-corrected chi connectivity index (χ0v) is 6.10. The van der Waals surface area contributed by atoms with Gasteiger partial charge in [0.05, 0.1) is 5.88 Å². The van der Waals surface area contributed by atoms with Crippen molar-refractivity contribution in [1.82, 2.24) is 0 Å². The molecule has 0 saturated carbocycles. The van der Waals surface area contributed by atoms with E-state index in [1.165, 1.54) is 0 Å². The van der Waals surface area contributed by atoms with Crippen molar-refractivity contribution in [3.63, 3.8) is 0 Å². The summed E-state index contributed by atoms with van der Waals surface area (Å²) in [6.07, 6.45) is 1.83. The van der Waals surface area contributed by atoms with Gasteiger partial charge in [-0.3, -0.25) is 0 Å². The van der Waals surface area contributed by atoms with Crippen LogP contribution in [0, 0.1) is 11.8 Å². The molecule has 0 unspecified atom stereocenters. The van der Waals surface area contributed by atoms with Gasteiger partial charge in [-0.1, -0.05) is 5.92 Å². The summed E-state index contributed by atoms with van der Waals surface area (Å²) >= 11 is 10.7. The molecule has 0 saturated heterocycles. The Bertz CT molecular complexity index is 88.4. The molecule has 0 aliphatic carbocycles. The quantitative estimate of drug-likeness (QED) is 0.322. The Labute approximate surface area is 60.2 Å². The molecule has 0 aliphatic rings. The van der Waals surface area contributed by atoms with Crippen LogP contribution in [-0.4, -0.2) is 11.8 Å². The highest BCUT2D eigenvalue weighted by Crippen LogP contribution is 1.88. The molecule has 0 rings (SSSR count). The number of alkyl halides is 2. The van der Waals surface area contributed by atoms with Gasteiger partial charge in [0.1, 0.15) is 0 Å². The van der Waals surface area contributed by atoms with E-state index in [9.17, 15) is 0 Å². The van der Waals surface area contributed by atoms with Gasteiger partial charge in [-0.05, 0) is 6.42 Å². The Morgan fingerprint density at radius 2 is 1.88 bits per heavy atom. The summed E-state index contributed by atoms with van der Waals surface area (Å²) in [5.74, 6) is 6.73. The van der Waals surface area contributed by atoms with Crippen molar-refractivity contribution in [3.8, 4) is 11.8 Å². The molecular formula is C6H8Cl2. The Morgan fingerprint density at radius 1 is 1.12 bits per heavy atom. The monoisotopic (exact) mass is 150 g/mol. The van der Waals surface area contributed by atoms with Crippen LogP contribution in [0.2, 0.25) is 0 Å². The van der Waals surface area contributed by atoms with E-state index < -0.39 is 0 Å². The van der Waals surface area contributed by atoms with Crippen molar-refractivity contribution < 1.29 is 0 Å². The van der Waals surface area contributed by atoms with Crippen LogP contribution >= 0.6 is 23.2 Å². The van der Waals surface area contributed by atoms with Crippen molar-refractivity contribution >= 4 is 23.2 Å². The first-order chi connectivity index (χ1) is 3.91. The maximum absolute atomic E-state index is 5.38. The van der Waals surface area contributed by atoms with Gasteiger partial charge < -0.3 is 0 Å². The maximum atomic E-state index is 5.38. The van der Waals surface area contributed by atoms with Crippen LogP contribution in [0.1, 0.15) is 12.8 Å². The predicted molar refractivity (Wildman–Crippen MR) is 38.5 cm³/mol. The van der Waals surface area contributed by atoms with E-state index in [4.69, 9.17) is 23.2 Å². The van der Waals surface area contributed by atoms with Gasteiger partial charge in [0.2, 0.25) is 0 Å². The van der Waals surface area contributed by atoms with Crippen LogP contribution in [0.25, 0.3) is 0 Å². The van der Waals surface area contributed by atoms with Gasteiger partial charge in [0.25, 0.3) is 0 Å². The fourth-order valence-electron chi connectivity index (χ4n) is 0.291. The van der Waals surface area contributed by atoms with Crippen LogP contribution in [0.5, 0.6) is 0 Å². The minimum Gasteiger partial charge on any atom is -0.127 e. The summed E-state index contributed by atoms with van der Waals surface area (Å²) in [5, 5.41) is 0. The lowest BCUT2D eigenvalue weighted by Gasteiger charge is -1.79. The molecule has 0 bridgehead atoms. The molecule has 8 heavy (non-hydrogen) atoms. The molecule has 0 aromatic heterocycles. The second-order valence-electron chi connectivity index (χ2n) is 1.28. The first-order valence-electron chi connectivity index (χ1n) is 2.49. The average molecular weight is 151 g/mol. The molecule has 0 nitrogen and oxygen atoms in total. The van der Waals surface area contributed by atoms with Crippen LogP contribution < -0.4 is 0 Å². The Kier molecular flexibility index (Phi) is 7.26. The van der Waals surface area contributed by atoms with Gasteiger partial charge in [-0.2, -0.15) is 0 Å². The fraction of sp³-hybridized carbons (Fsp3) is 0.667. The lowest BCUT2D eigenvalue weighted by Crippen LogP contribution is -1.71. The van der Waals surface area contributed by atoms with E-state index in [0.717, 1.165) is 12.8 Å². The summed E-state index contributed by atoms with van der Waals surface area (Å²) in [4.78, 5) is 0. The van der Waals surface area contributed by atoms with Gasteiger partial charge in [-0.15, -0.1) is 29.1 Å². The van der Waals surface area contributed by atoms with Crippen molar-refractivity contribution in [2.24, 2.45) is 0 Å². The fourth-order valence-corrected chi connectivity index (χ4v) is 0.519. The lowest BCUT2D eigenvalue weighted by molar-refractivity contribution is 0.991. The topological polar surface area (TPSA) is 0 Å². The second kappa shape index (κ2) is 7.14. The molecule has 0 N–H and O–H groups in total. The highest BCUT2D eigenvalue weighted by Gasteiger charge is 1.75. The molecular weight excluding hydrogens is 143 g/mol. The third kappa shape index (κ3) is 6.14. The minimum absolute atomic E-state index is 0.433. The van der Waals surface area contributed by atoms with E-state index in [2.05, 4.69) is 11.8 Å². The summed E-state index contributed by atoms with van der Waals surface area (Å²) < 4.78 is 0. The second-order valence-corrected chi connectivity index (χ2v) is 1.92. The lowest BCUT2D eigenvalue weighted by atomic mass is 10.3. The minimum atomic E-state index is 0.433. The number of hydrogen-bond donors (Lipinski definition) is 0. The summed E-state index contributed by atoms with van der Waals surface area (Å²) in [5.41, 5.74) is 0. The summed E-state index contributed by atoms with van der Waals surface area (Å²) in [7, 11) is 0. The predicted octanol–water partition coefficient (Wildman–Crippen LogP) is 2.25. The summed E-state index contributed by atoms with van der Waals surface area (Å²) in [6, 6.07) is 0. The van der Waals surface area contributed by atoms with Gasteiger partial charge in [-0.25, -0.2) is 0 Å².